The predicted octanol–water partition coefficient (Wildman–Crippen LogP) is 14.1. The van der Waals surface area contributed by atoms with Crippen LogP contribution in [0.15, 0.2) is 109 Å². The van der Waals surface area contributed by atoms with E-state index in [1.165, 1.54) is 61.9 Å². The average molecular weight is 2120 g/mol. The molecule has 6 amide bonds. The van der Waals surface area contributed by atoms with Gasteiger partial charge in [0, 0.05) is 168 Å². The van der Waals surface area contributed by atoms with Gasteiger partial charge in [0.2, 0.25) is 40.2 Å². The largest absolute Gasteiger partial charge is 0.368 e. The van der Waals surface area contributed by atoms with Gasteiger partial charge in [0.15, 0.2) is 0 Å². The van der Waals surface area contributed by atoms with Crippen LogP contribution in [0.4, 0.5) is 17.2 Å². The van der Waals surface area contributed by atoms with E-state index in [2.05, 4.69) is 186 Å². The summed E-state index contributed by atoms with van der Waals surface area (Å²) in [6.07, 6.45) is 45.7. The van der Waals surface area contributed by atoms with E-state index >= 15 is 0 Å². The number of aromatic nitrogens is 16. The standard InChI is InChI=1S/C25H32ClN5O.C24H32N6O.C24H31N5O.C22H34N6O2.C19H28BrN5O/c1-17-3-4-21(26)10-22(17)29-5-7-30(8-6-29)23(32)24-11-19-9-20(12-24)14-25(13-19,15-24)31-16-27-18(2)28-31;1-18-26-17-30(27-18)24-14-19-11-20(15-24)13-23(12-19,16-24)22(31)29-8-4-7-28(9-10-29)21-5-2-3-6-25-21;1-18-25-17-29(26-18)24-14-19-11-20(15-24)13-23(12-19,16-24)22(30)28-9-7-27(8-10-28)21-5-3-2-4-6-21;1-16-23-15-28(24-16)22-11-17-8-18(12-22)10-21(9-17,14-22)20(30)27-6-4-26(5-7-27)13-19(29)25(2)3;1-2-23-3-5-24(6-4-23)16(26)18-8-14-7-15(9-18)11-19(10-14,12-18)25-13-21-17(20)22-25/h3-4,10,16,19-20H,5-9,11-15H2,1-2H3;2-3,5-6,17,19-20H,4,7-16H2,1H3;2-6,17,19-20H,7-16H2,1H3;15,17-18H,4-14H2,1-3H3;13-15H,2-12H2,1H3. The summed E-state index contributed by atoms with van der Waals surface area (Å²) in [6, 6.07) is 22.7. The molecule has 798 valence electrons. The molecule has 6 aromatic heterocycles. The van der Waals surface area contributed by atoms with Crippen molar-refractivity contribution in [2.75, 3.05) is 173 Å². The van der Waals surface area contributed by atoms with Crippen LogP contribution >= 0.6 is 27.5 Å². The monoisotopic (exact) mass is 2110 g/mol. The van der Waals surface area contributed by atoms with Crippen LogP contribution in [0.3, 0.4) is 0 Å². The Morgan fingerprint density at radius 3 is 0.973 bits per heavy atom. The highest BCUT2D eigenvalue weighted by atomic mass is 79.9. The Bertz CT molecular complexity index is 6170. The first kappa shape index (κ1) is 101. The maximum atomic E-state index is 14.1. The van der Waals surface area contributed by atoms with E-state index < -0.39 is 0 Å². The van der Waals surface area contributed by atoms with Crippen molar-refractivity contribution < 1.29 is 28.8 Å². The molecule has 149 heavy (non-hydrogen) atoms. The van der Waals surface area contributed by atoms with E-state index in [9.17, 15) is 28.8 Å². The molecule has 8 aromatic rings. The number of piperazine rings is 4. The molecule has 0 N–H and O–H groups in total. The molecule has 35 heteroatoms. The number of anilines is 3. The van der Waals surface area contributed by atoms with Crippen LogP contribution in [0.25, 0.3) is 0 Å². The molecule has 11 heterocycles. The number of rotatable bonds is 16. The van der Waals surface area contributed by atoms with Gasteiger partial charge in [-0.05, 0) is 357 Å². The quantitative estimate of drug-likeness (QED) is 0.0867. The molecule has 10 unspecified atom stereocenters. The third-order valence-corrected chi connectivity index (χ3v) is 41.5. The van der Waals surface area contributed by atoms with Gasteiger partial charge in [0.05, 0.1) is 61.3 Å². The van der Waals surface area contributed by atoms with Crippen LogP contribution in [-0.2, 0) is 56.5 Å². The molecule has 33 nitrogen and oxygen atoms in total. The molecule has 5 aliphatic heterocycles. The Balaban J connectivity index is 0.0000000994. The summed E-state index contributed by atoms with van der Waals surface area (Å²) in [6.45, 7) is 30.8. The zero-order valence-corrected chi connectivity index (χ0v) is 91.7. The first-order valence-electron chi connectivity index (χ1n) is 57.0. The lowest BCUT2D eigenvalue weighted by atomic mass is 9.46. The van der Waals surface area contributed by atoms with Crippen LogP contribution in [0.2, 0.25) is 5.02 Å². The van der Waals surface area contributed by atoms with Gasteiger partial charge in [0.1, 0.15) is 60.8 Å². The Hall–Kier alpha value is -9.80. The van der Waals surface area contributed by atoms with Crippen molar-refractivity contribution in [3.8, 4) is 0 Å². The zero-order valence-electron chi connectivity index (χ0n) is 89.3. The summed E-state index contributed by atoms with van der Waals surface area (Å²) in [4.78, 5) is 132. The highest BCUT2D eigenvalue weighted by molar-refractivity contribution is 9.10. The van der Waals surface area contributed by atoms with Gasteiger partial charge in [0.25, 0.3) is 0 Å². The number of hydrogen-bond donors (Lipinski definition) is 0. The number of aryl methyl sites for hydroxylation is 5. The van der Waals surface area contributed by atoms with Gasteiger partial charge in [-0.25, -0.2) is 53.3 Å². The van der Waals surface area contributed by atoms with E-state index in [0.29, 0.717) is 100.0 Å². The average Bonchev–Trinajstić information content (AvgIpc) is 1.67. The molecule has 25 aliphatic rings. The summed E-state index contributed by atoms with van der Waals surface area (Å²) in [5.41, 5.74) is 2.68. The lowest BCUT2D eigenvalue weighted by Gasteiger charge is -2.61. The maximum Gasteiger partial charge on any atom is 0.236 e. The summed E-state index contributed by atoms with van der Waals surface area (Å²) < 4.78 is 11.2. The minimum atomic E-state index is -0.231. The predicted molar refractivity (Wildman–Crippen MR) is 570 cm³/mol. The molecular weight excluding hydrogens is 1960 g/mol. The molecule has 0 radical (unpaired) electrons. The third-order valence-electron chi connectivity index (χ3n) is 40.9. The number of carbonyl (C=O) groups is 6. The summed E-state index contributed by atoms with van der Waals surface area (Å²) in [5, 5.41) is 24.3. The first-order chi connectivity index (χ1) is 71.8. The molecule has 10 atom stereocenters. The van der Waals surface area contributed by atoms with Crippen molar-refractivity contribution in [3.05, 3.63) is 143 Å². The van der Waals surface area contributed by atoms with Crippen LogP contribution < -0.4 is 14.7 Å². The number of nitrogens with zero attached hydrogens (tertiary/aromatic N) is 27. The lowest BCUT2D eigenvalue weighted by Crippen LogP contribution is -2.63. The molecule has 0 spiro atoms. The van der Waals surface area contributed by atoms with Gasteiger partial charge in [-0.1, -0.05) is 48.9 Å². The van der Waals surface area contributed by atoms with Crippen molar-refractivity contribution in [1.29, 1.82) is 0 Å². The highest BCUT2D eigenvalue weighted by Gasteiger charge is 2.69. The van der Waals surface area contributed by atoms with E-state index in [4.69, 9.17) is 32.0 Å². The topological polar surface area (TPSA) is 304 Å². The fourth-order valence-electron chi connectivity index (χ4n) is 36.6. The maximum absolute atomic E-state index is 14.1. The van der Waals surface area contributed by atoms with Crippen LogP contribution in [0.5, 0.6) is 0 Å². The van der Waals surface area contributed by atoms with Gasteiger partial charge in [-0.3, -0.25) is 33.7 Å². The van der Waals surface area contributed by atoms with E-state index in [1.807, 2.05) is 83.7 Å². The van der Waals surface area contributed by atoms with E-state index in [-0.39, 0.29) is 60.7 Å². The number of likely N-dealkylation sites (N-methyl/N-ethyl adjacent to an activating group) is 2. The van der Waals surface area contributed by atoms with Crippen LogP contribution in [0, 0.1) is 121 Å². The fraction of sp³-hybridized carbons (Fsp3) is 0.711. The summed E-state index contributed by atoms with van der Waals surface area (Å²) in [7, 11) is 3.59. The minimum absolute atomic E-state index is 0.00397. The summed E-state index contributed by atoms with van der Waals surface area (Å²) >= 11 is 9.66. The number of pyridine rings is 1. The molecular formula is C114H157BrClN27O6. The normalized spacial score (nSPS) is 35.6. The highest BCUT2D eigenvalue weighted by Crippen LogP contribution is 2.71. The molecule has 2 aromatic carbocycles. The lowest BCUT2D eigenvalue weighted by molar-refractivity contribution is -0.168. The van der Waals surface area contributed by atoms with Gasteiger partial charge >= 0.3 is 0 Å². The van der Waals surface area contributed by atoms with Crippen molar-refractivity contribution in [3.63, 3.8) is 0 Å². The first-order valence-corrected chi connectivity index (χ1v) is 58.2. The fourth-order valence-corrected chi connectivity index (χ4v) is 37.0. The zero-order chi connectivity index (χ0) is 103. The number of halogens is 2. The number of hydrogen-bond acceptors (Lipinski definition) is 22. The van der Waals surface area contributed by atoms with Gasteiger partial charge in [-0.2, -0.15) is 20.4 Å². The van der Waals surface area contributed by atoms with Crippen molar-refractivity contribution >= 4 is 80.2 Å². The summed E-state index contributed by atoms with van der Waals surface area (Å²) in [5.74, 6) is 12.9. The van der Waals surface area contributed by atoms with Gasteiger partial charge in [-0.15, -0.1) is 5.10 Å². The van der Waals surface area contributed by atoms with Crippen LogP contribution in [0.1, 0.15) is 235 Å². The van der Waals surface area contributed by atoms with Crippen LogP contribution in [-0.4, -0.2) is 312 Å². The molecule has 20 saturated carbocycles. The Morgan fingerprint density at radius 1 is 0.342 bits per heavy atom. The van der Waals surface area contributed by atoms with E-state index in [0.717, 1.165) is 326 Å². The third kappa shape index (κ3) is 19.0. The second-order valence-corrected chi connectivity index (χ2v) is 52.6. The number of benzene rings is 2. The van der Waals surface area contributed by atoms with Crippen molar-refractivity contribution in [2.45, 2.75) is 268 Å². The second-order valence-electron chi connectivity index (χ2n) is 51.5. The van der Waals surface area contributed by atoms with E-state index in [1.54, 1.807) is 19.0 Å². The molecule has 5 saturated heterocycles. The SMILES string of the molecule is CCN1CCN(C(=O)C23CC4CC(C2)CC(n2cnc(Br)n2)(C4)C3)CC1.Cc1ncn(C23CC4CC(CC(C(=O)N5CCCN(c6ccccn6)CC5)(C4)C2)C3)n1.Cc1ncn(C23CC4CC(CC(C(=O)N5CCN(CC(=O)N(C)C)CC5)(C4)C2)C3)n1.Cc1ncn(C23CC4CC(CC(C(=O)N5CCN(c6cc(Cl)ccc6C)CC5)(C4)C2)C3)n1.Cc1ncn(C23CC4CC(CC(C(=O)N5CCN(c6ccccc6)CC5)(C4)C2)C3)n1. The molecule has 33 rings (SSSR count). The molecule has 20 aliphatic carbocycles. The second kappa shape index (κ2) is 39.3. The number of para-hydroxylation sites is 1. The Morgan fingerprint density at radius 2 is 0.658 bits per heavy atom. The van der Waals surface area contributed by atoms with Gasteiger partial charge < -0.3 is 49.0 Å². The smallest absolute Gasteiger partial charge is 0.236 e. The van der Waals surface area contributed by atoms with Crippen molar-refractivity contribution in [1.82, 2.24) is 118 Å². The molecule has 25 fully saturated rings. The Labute approximate surface area is 891 Å². The van der Waals surface area contributed by atoms with Crippen molar-refractivity contribution in [2.24, 2.45) is 86.3 Å². The molecule has 20 bridgehead atoms. The minimum Gasteiger partial charge on any atom is -0.368 e. The number of carbonyl (C=O) groups excluding carboxylic acids is 6. The Kier molecular flexibility index (Phi) is 26.7. The number of amides is 6.